The lowest BCUT2D eigenvalue weighted by molar-refractivity contribution is 0.503. The highest BCUT2D eigenvalue weighted by molar-refractivity contribution is 5.98. The molecule has 1 rings (SSSR count). The van der Waals surface area contributed by atoms with Crippen molar-refractivity contribution in [2.45, 2.75) is 46.5 Å². The Morgan fingerprint density at radius 3 is 2.38 bits per heavy atom. The van der Waals surface area contributed by atoms with E-state index in [1.807, 2.05) is 7.05 Å². The van der Waals surface area contributed by atoms with E-state index in [4.69, 9.17) is 0 Å². The van der Waals surface area contributed by atoms with Gasteiger partial charge in [0, 0.05) is 12.8 Å². The maximum Gasteiger partial charge on any atom is 0.0386 e. The number of hydrogen-bond donors (Lipinski definition) is 0. The third kappa shape index (κ3) is 2.52. The summed E-state index contributed by atoms with van der Waals surface area (Å²) in [6.07, 6.45) is 1.16. The van der Waals surface area contributed by atoms with Crippen LogP contribution in [0.4, 0.5) is 0 Å². The van der Waals surface area contributed by atoms with Crippen LogP contribution in [0.1, 0.15) is 50.8 Å². The minimum atomic E-state index is 0.264. The summed E-state index contributed by atoms with van der Waals surface area (Å²) >= 11 is 0. The van der Waals surface area contributed by atoms with Gasteiger partial charge in [-0.15, -0.1) is 0 Å². The molecule has 16 heavy (non-hydrogen) atoms. The van der Waals surface area contributed by atoms with Gasteiger partial charge in [0.2, 0.25) is 0 Å². The zero-order chi connectivity index (χ0) is 12.3. The van der Waals surface area contributed by atoms with E-state index in [-0.39, 0.29) is 5.41 Å². The van der Waals surface area contributed by atoms with Gasteiger partial charge in [-0.1, -0.05) is 32.9 Å². The maximum absolute atomic E-state index is 4.23. The maximum atomic E-state index is 4.23. The molecule has 0 spiro atoms. The van der Waals surface area contributed by atoms with Crippen LogP contribution >= 0.6 is 0 Å². The average molecular weight is 217 g/mol. The third-order valence-corrected chi connectivity index (χ3v) is 3.59. The minimum Gasteiger partial charge on any atom is -0.293 e. The normalized spacial score (nSPS) is 13.0. The van der Waals surface area contributed by atoms with Gasteiger partial charge in [-0.05, 0) is 48.4 Å². The van der Waals surface area contributed by atoms with E-state index in [2.05, 4.69) is 57.8 Å². The smallest absolute Gasteiger partial charge is 0.0386 e. The molecule has 0 aliphatic carbocycles. The van der Waals surface area contributed by atoms with Crippen molar-refractivity contribution in [1.82, 2.24) is 0 Å². The molecule has 88 valence electrons. The van der Waals surface area contributed by atoms with Gasteiger partial charge in [0.25, 0.3) is 0 Å². The first-order valence-corrected chi connectivity index (χ1v) is 5.97. The Labute approximate surface area is 99.6 Å². The third-order valence-electron chi connectivity index (χ3n) is 3.59. The van der Waals surface area contributed by atoms with Crippen LogP contribution in [-0.4, -0.2) is 12.8 Å². The Kier molecular flexibility index (Phi) is 3.90. The molecule has 0 bridgehead atoms. The lowest BCUT2D eigenvalue weighted by atomic mass is 9.79. The van der Waals surface area contributed by atoms with Crippen molar-refractivity contribution in [2.24, 2.45) is 4.99 Å². The number of rotatable bonds is 3. The summed E-state index contributed by atoms with van der Waals surface area (Å²) in [6.45, 7) is 11.1. The highest BCUT2D eigenvalue weighted by Gasteiger charge is 2.20. The summed E-state index contributed by atoms with van der Waals surface area (Å²) in [4.78, 5) is 4.23. The van der Waals surface area contributed by atoms with Crippen molar-refractivity contribution in [2.75, 3.05) is 7.05 Å². The van der Waals surface area contributed by atoms with Crippen molar-refractivity contribution >= 4 is 5.71 Å². The van der Waals surface area contributed by atoms with Crippen molar-refractivity contribution in [1.29, 1.82) is 0 Å². The van der Waals surface area contributed by atoms with Gasteiger partial charge < -0.3 is 0 Å². The Bertz CT molecular complexity index is 400. The molecule has 0 amide bonds. The Balaban J connectivity index is 3.20. The van der Waals surface area contributed by atoms with Gasteiger partial charge in [0.05, 0.1) is 0 Å². The highest BCUT2D eigenvalue weighted by atomic mass is 14.7. The molecule has 0 radical (unpaired) electrons. The predicted molar refractivity (Wildman–Crippen MR) is 72.6 cm³/mol. The zero-order valence-corrected chi connectivity index (χ0v) is 11.4. The molecule has 0 heterocycles. The molecule has 0 unspecified atom stereocenters. The van der Waals surface area contributed by atoms with Crippen LogP contribution in [0.15, 0.2) is 23.2 Å². The molecular formula is C15H23N. The molecule has 1 aromatic rings. The van der Waals surface area contributed by atoms with Crippen LogP contribution < -0.4 is 0 Å². The van der Waals surface area contributed by atoms with E-state index in [0.29, 0.717) is 0 Å². The van der Waals surface area contributed by atoms with E-state index >= 15 is 0 Å². The Morgan fingerprint density at radius 1 is 1.31 bits per heavy atom. The molecule has 0 aromatic heterocycles. The monoisotopic (exact) mass is 217 g/mol. The summed E-state index contributed by atoms with van der Waals surface area (Å²) in [7, 11) is 1.84. The number of aliphatic imine (C=N–C) groups is 1. The van der Waals surface area contributed by atoms with Gasteiger partial charge in [-0.3, -0.25) is 4.99 Å². The van der Waals surface area contributed by atoms with Crippen LogP contribution in [0.2, 0.25) is 0 Å². The first kappa shape index (κ1) is 13.0. The standard InChI is InChI=1S/C15H23N/c1-7-15(4,5)14-9-8-13(10-11(14)2)12(3)16-6/h8-10H,7H2,1-6H3/b16-12+. The van der Waals surface area contributed by atoms with Crippen LogP contribution in [0, 0.1) is 6.92 Å². The van der Waals surface area contributed by atoms with Crippen molar-refractivity contribution < 1.29 is 0 Å². The molecule has 1 aromatic carbocycles. The van der Waals surface area contributed by atoms with Gasteiger partial charge >= 0.3 is 0 Å². The van der Waals surface area contributed by atoms with Crippen LogP contribution in [0.5, 0.6) is 0 Å². The topological polar surface area (TPSA) is 12.4 Å². The largest absolute Gasteiger partial charge is 0.293 e. The lowest BCUT2D eigenvalue weighted by Gasteiger charge is -2.25. The fourth-order valence-electron chi connectivity index (χ4n) is 1.97. The summed E-state index contributed by atoms with van der Waals surface area (Å²) < 4.78 is 0. The van der Waals surface area contributed by atoms with E-state index in [0.717, 1.165) is 12.1 Å². The Hall–Kier alpha value is -1.11. The van der Waals surface area contributed by atoms with Gasteiger partial charge in [0.1, 0.15) is 0 Å². The molecule has 0 fully saturated rings. The average Bonchev–Trinajstić information content (AvgIpc) is 2.27. The highest BCUT2D eigenvalue weighted by Crippen LogP contribution is 2.29. The molecule has 0 saturated heterocycles. The first-order chi connectivity index (χ1) is 7.42. The lowest BCUT2D eigenvalue weighted by Crippen LogP contribution is -2.17. The summed E-state index contributed by atoms with van der Waals surface area (Å²) in [6, 6.07) is 6.68. The second-order valence-corrected chi connectivity index (χ2v) is 5.08. The van der Waals surface area contributed by atoms with E-state index in [1.54, 1.807) is 0 Å². The molecule has 0 aliphatic heterocycles. The number of hydrogen-bond acceptors (Lipinski definition) is 1. The van der Waals surface area contributed by atoms with Gasteiger partial charge in [-0.25, -0.2) is 0 Å². The van der Waals surface area contributed by atoms with Crippen LogP contribution in [-0.2, 0) is 5.41 Å². The fraction of sp³-hybridized carbons (Fsp3) is 0.533. The van der Waals surface area contributed by atoms with Crippen LogP contribution in [0.25, 0.3) is 0 Å². The SMILES string of the molecule is CCC(C)(C)c1ccc(/C(C)=N/C)cc1C. The number of benzene rings is 1. The molecule has 1 nitrogen and oxygen atoms in total. The second-order valence-electron chi connectivity index (χ2n) is 5.08. The Morgan fingerprint density at radius 2 is 1.94 bits per heavy atom. The second kappa shape index (κ2) is 4.82. The zero-order valence-electron chi connectivity index (χ0n) is 11.4. The van der Waals surface area contributed by atoms with Crippen molar-refractivity contribution in [3.05, 3.63) is 34.9 Å². The molecule has 0 atom stereocenters. The van der Waals surface area contributed by atoms with Crippen molar-refractivity contribution in [3.63, 3.8) is 0 Å². The number of aryl methyl sites for hydroxylation is 1. The van der Waals surface area contributed by atoms with E-state index < -0.39 is 0 Å². The predicted octanol–water partition coefficient (Wildman–Crippen LogP) is 4.12. The first-order valence-electron chi connectivity index (χ1n) is 5.97. The summed E-state index contributed by atoms with van der Waals surface area (Å²) in [5.74, 6) is 0. The molecule has 0 N–H and O–H groups in total. The molecule has 0 aliphatic rings. The van der Waals surface area contributed by atoms with Crippen molar-refractivity contribution in [3.8, 4) is 0 Å². The van der Waals surface area contributed by atoms with Crippen LogP contribution in [0.3, 0.4) is 0 Å². The fourth-order valence-corrected chi connectivity index (χ4v) is 1.97. The van der Waals surface area contributed by atoms with E-state index in [1.165, 1.54) is 16.7 Å². The summed E-state index contributed by atoms with van der Waals surface area (Å²) in [5.41, 5.74) is 5.41. The minimum absolute atomic E-state index is 0.264. The van der Waals surface area contributed by atoms with Gasteiger partial charge in [-0.2, -0.15) is 0 Å². The summed E-state index contributed by atoms with van der Waals surface area (Å²) in [5, 5.41) is 0. The van der Waals surface area contributed by atoms with Gasteiger partial charge in [0.15, 0.2) is 0 Å². The molecule has 1 heteroatoms. The number of nitrogens with zero attached hydrogens (tertiary/aromatic N) is 1. The quantitative estimate of drug-likeness (QED) is 0.675. The van der Waals surface area contributed by atoms with E-state index in [9.17, 15) is 0 Å². The molecule has 0 saturated carbocycles. The molecular weight excluding hydrogens is 194 g/mol.